The molecule has 2 rings (SSSR count). The van der Waals surface area contributed by atoms with Gasteiger partial charge in [0.25, 0.3) is 5.91 Å². The fourth-order valence-electron chi connectivity index (χ4n) is 1.66. The minimum atomic E-state index is -0.410. The maximum Gasteiger partial charge on any atom is 0.257 e. The van der Waals surface area contributed by atoms with E-state index in [1.54, 1.807) is 30.3 Å². The van der Waals surface area contributed by atoms with Gasteiger partial charge in [-0.3, -0.25) is 10.1 Å². The summed E-state index contributed by atoms with van der Waals surface area (Å²) in [4.78, 5) is 11.9. The van der Waals surface area contributed by atoms with Crippen molar-refractivity contribution < 1.29 is 9.18 Å². The number of carbonyl (C=O) groups excluding carboxylic acids is 1. The highest BCUT2D eigenvalue weighted by Crippen LogP contribution is 2.16. The molecule has 0 aliphatic carbocycles. The van der Waals surface area contributed by atoms with Crippen LogP contribution >= 0.6 is 35.4 Å². The minimum Gasteiger partial charge on any atom is -0.358 e. The van der Waals surface area contributed by atoms with E-state index in [1.165, 1.54) is 12.1 Å². The van der Waals surface area contributed by atoms with Gasteiger partial charge in [-0.1, -0.05) is 29.3 Å². The monoisotopic (exact) mass is 356 g/mol. The number of halogens is 3. The molecule has 22 heavy (non-hydrogen) atoms. The predicted octanol–water partition coefficient (Wildman–Crippen LogP) is 3.94. The molecule has 0 aliphatic heterocycles. The number of hydrogen-bond acceptors (Lipinski definition) is 2. The molecule has 2 N–H and O–H groups in total. The van der Waals surface area contributed by atoms with Crippen molar-refractivity contribution in [3.8, 4) is 0 Å². The van der Waals surface area contributed by atoms with E-state index in [-0.39, 0.29) is 17.6 Å². The van der Waals surface area contributed by atoms with Crippen LogP contribution in [-0.2, 0) is 6.54 Å². The quantitative estimate of drug-likeness (QED) is 0.818. The molecule has 0 aromatic heterocycles. The predicted molar refractivity (Wildman–Crippen MR) is 89.8 cm³/mol. The number of benzene rings is 2. The zero-order valence-corrected chi connectivity index (χ0v) is 13.5. The molecule has 0 fully saturated rings. The normalized spacial score (nSPS) is 10.1. The molecule has 2 aromatic carbocycles. The minimum absolute atomic E-state index is 0.153. The lowest BCUT2D eigenvalue weighted by atomic mass is 10.2. The molecule has 0 unspecified atom stereocenters. The van der Waals surface area contributed by atoms with Gasteiger partial charge in [0, 0.05) is 22.2 Å². The molecule has 0 heterocycles. The smallest absolute Gasteiger partial charge is 0.257 e. The lowest BCUT2D eigenvalue weighted by Crippen LogP contribution is -2.38. The average Bonchev–Trinajstić information content (AvgIpc) is 2.47. The van der Waals surface area contributed by atoms with Crippen LogP contribution in [0.4, 0.5) is 4.39 Å². The second kappa shape index (κ2) is 7.54. The van der Waals surface area contributed by atoms with Gasteiger partial charge in [-0.25, -0.2) is 4.39 Å². The van der Waals surface area contributed by atoms with Crippen molar-refractivity contribution in [3.63, 3.8) is 0 Å². The van der Waals surface area contributed by atoms with Gasteiger partial charge in [-0.05, 0) is 54.2 Å². The largest absolute Gasteiger partial charge is 0.358 e. The van der Waals surface area contributed by atoms with Crippen molar-refractivity contribution >= 4 is 46.4 Å². The molecule has 0 atom stereocenters. The first-order valence-electron chi connectivity index (χ1n) is 6.24. The Morgan fingerprint density at radius 3 is 2.45 bits per heavy atom. The Balaban J connectivity index is 1.90. The first-order valence-corrected chi connectivity index (χ1v) is 7.41. The van der Waals surface area contributed by atoms with Gasteiger partial charge < -0.3 is 5.32 Å². The summed E-state index contributed by atoms with van der Waals surface area (Å²) in [5, 5.41) is 6.36. The van der Waals surface area contributed by atoms with Crippen LogP contribution in [0.1, 0.15) is 15.9 Å². The standard InChI is InChI=1S/C15H11Cl2FN2OS/c16-11-4-1-9(2-5-11)14(21)20-15(22)19-8-10-3-6-12(18)7-13(10)17/h1-7H,8H2,(H2,19,20,21,22). The molecule has 0 radical (unpaired) electrons. The van der Waals surface area contributed by atoms with Crippen molar-refractivity contribution in [2.75, 3.05) is 0 Å². The summed E-state index contributed by atoms with van der Waals surface area (Å²) in [7, 11) is 0. The zero-order valence-electron chi connectivity index (χ0n) is 11.2. The van der Waals surface area contributed by atoms with Crippen molar-refractivity contribution in [3.05, 3.63) is 69.5 Å². The number of thiocarbonyl (C=S) groups is 1. The van der Waals surface area contributed by atoms with Gasteiger partial charge in [-0.15, -0.1) is 0 Å². The highest BCUT2D eigenvalue weighted by Gasteiger charge is 2.08. The van der Waals surface area contributed by atoms with Crippen molar-refractivity contribution in [2.45, 2.75) is 6.54 Å². The molecule has 3 nitrogen and oxygen atoms in total. The van der Waals surface area contributed by atoms with Gasteiger partial charge >= 0.3 is 0 Å². The second-order valence-corrected chi connectivity index (χ2v) is 5.63. The Morgan fingerprint density at radius 2 is 1.82 bits per heavy atom. The van der Waals surface area contributed by atoms with Crippen molar-refractivity contribution in [1.82, 2.24) is 10.6 Å². The summed E-state index contributed by atoms with van der Waals surface area (Å²) in [5.74, 6) is -0.758. The van der Waals surface area contributed by atoms with Gasteiger partial charge in [0.1, 0.15) is 5.82 Å². The van der Waals surface area contributed by atoms with Gasteiger partial charge in [-0.2, -0.15) is 0 Å². The maximum absolute atomic E-state index is 12.9. The summed E-state index contributed by atoms with van der Waals surface area (Å²) >= 11 is 16.7. The van der Waals surface area contributed by atoms with Crippen LogP contribution < -0.4 is 10.6 Å². The molecule has 0 aliphatic rings. The Morgan fingerprint density at radius 1 is 1.14 bits per heavy atom. The lowest BCUT2D eigenvalue weighted by Gasteiger charge is -2.10. The zero-order chi connectivity index (χ0) is 16.1. The third-order valence-electron chi connectivity index (χ3n) is 2.79. The van der Waals surface area contributed by atoms with E-state index in [9.17, 15) is 9.18 Å². The van der Waals surface area contributed by atoms with Crippen LogP contribution in [0.25, 0.3) is 0 Å². The van der Waals surface area contributed by atoms with Crippen LogP contribution in [0.15, 0.2) is 42.5 Å². The highest BCUT2D eigenvalue weighted by molar-refractivity contribution is 7.80. The van der Waals surface area contributed by atoms with Gasteiger partial charge in [0.05, 0.1) is 0 Å². The number of hydrogen-bond donors (Lipinski definition) is 2. The third-order valence-corrected chi connectivity index (χ3v) is 3.64. The summed E-state index contributed by atoms with van der Waals surface area (Å²) in [6.07, 6.45) is 0. The molecular weight excluding hydrogens is 346 g/mol. The van der Waals surface area contributed by atoms with E-state index in [0.29, 0.717) is 21.2 Å². The molecule has 0 saturated heterocycles. The molecule has 1 amide bonds. The number of rotatable bonds is 3. The lowest BCUT2D eigenvalue weighted by molar-refractivity contribution is 0.0976. The number of nitrogens with one attached hydrogen (secondary N) is 2. The summed E-state index contributed by atoms with van der Waals surface area (Å²) in [6.45, 7) is 0.277. The van der Waals surface area contributed by atoms with Crippen LogP contribution in [0.5, 0.6) is 0 Å². The Bertz CT molecular complexity index is 707. The molecule has 2 aromatic rings. The molecule has 0 saturated carbocycles. The second-order valence-electron chi connectivity index (χ2n) is 4.38. The molecule has 0 bridgehead atoms. The highest BCUT2D eigenvalue weighted by atomic mass is 35.5. The average molecular weight is 357 g/mol. The van der Waals surface area contributed by atoms with Gasteiger partial charge in [0.15, 0.2) is 5.11 Å². The van der Waals surface area contributed by atoms with E-state index < -0.39 is 5.82 Å². The van der Waals surface area contributed by atoms with Crippen LogP contribution in [0.3, 0.4) is 0 Å². The van der Waals surface area contributed by atoms with E-state index in [0.717, 1.165) is 0 Å². The van der Waals surface area contributed by atoms with E-state index >= 15 is 0 Å². The summed E-state index contributed by atoms with van der Waals surface area (Å²) in [6, 6.07) is 10.5. The molecule has 7 heteroatoms. The molecule has 0 spiro atoms. The van der Waals surface area contributed by atoms with Crippen LogP contribution in [0, 0.1) is 5.82 Å². The maximum atomic E-state index is 12.9. The summed E-state index contributed by atoms with van der Waals surface area (Å²) < 4.78 is 12.9. The topological polar surface area (TPSA) is 41.1 Å². The van der Waals surface area contributed by atoms with E-state index in [1.807, 2.05) is 0 Å². The van der Waals surface area contributed by atoms with Crippen LogP contribution in [-0.4, -0.2) is 11.0 Å². The Labute approximate surface area is 142 Å². The van der Waals surface area contributed by atoms with Crippen molar-refractivity contribution in [1.29, 1.82) is 0 Å². The molecule has 114 valence electrons. The Kier molecular flexibility index (Phi) is 5.71. The van der Waals surface area contributed by atoms with Gasteiger partial charge in [0.2, 0.25) is 0 Å². The third kappa shape index (κ3) is 4.66. The molecular formula is C15H11Cl2FN2OS. The fourth-order valence-corrected chi connectivity index (χ4v) is 2.19. The van der Waals surface area contributed by atoms with Crippen molar-refractivity contribution in [2.24, 2.45) is 0 Å². The summed E-state index contributed by atoms with van der Waals surface area (Å²) in [5.41, 5.74) is 1.11. The van der Waals surface area contributed by atoms with E-state index in [4.69, 9.17) is 35.4 Å². The van der Waals surface area contributed by atoms with E-state index in [2.05, 4.69) is 10.6 Å². The fraction of sp³-hybridized carbons (Fsp3) is 0.0667. The SMILES string of the molecule is O=C(NC(=S)NCc1ccc(F)cc1Cl)c1ccc(Cl)cc1. The van der Waals surface area contributed by atoms with Crippen LogP contribution in [0.2, 0.25) is 10.0 Å². The number of amides is 1. The number of carbonyl (C=O) groups is 1. The Hall–Kier alpha value is -1.69. The first kappa shape index (κ1) is 16.7. The first-order chi connectivity index (χ1) is 10.5.